The number of aliphatic hydroxyl groups is 1. The van der Waals surface area contributed by atoms with Crippen LogP contribution in [0.2, 0.25) is 0 Å². The molecule has 2 heterocycles. The Morgan fingerprint density at radius 3 is 2.16 bits per heavy atom. The van der Waals surface area contributed by atoms with Crippen molar-refractivity contribution in [1.29, 1.82) is 0 Å². The number of rotatable bonds is 14. The first-order valence-corrected chi connectivity index (χ1v) is 14.4. The van der Waals surface area contributed by atoms with E-state index in [0.29, 0.717) is 18.5 Å². The van der Waals surface area contributed by atoms with Gasteiger partial charge in [0.05, 0.1) is 35.4 Å². The quantitative estimate of drug-likeness (QED) is 0.152. The number of aliphatic carboxylic acids is 3. The van der Waals surface area contributed by atoms with Gasteiger partial charge in [0.1, 0.15) is 11.6 Å². The molecule has 14 nitrogen and oxygen atoms in total. The average molecular weight is 615 g/mol. The first-order valence-electron chi connectivity index (χ1n) is 14.4. The number of nitro groups is 1. The molecule has 1 aliphatic rings. The number of hydrogen-bond acceptors (Lipinski definition) is 9. The molecule has 1 aromatic heterocycles. The van der Waals surface area contributed by atoms with Crippen molar-refractivity contribution in [3.8, 4) is 5.75 Å². The van der Waals surface area contributed by atoms with E-state index in [1.165, 1.54) is 19.3 Å². The van der Waals surface area contributed by atoms with Crippen molar-refractivity contribution >= 4 is 34.6 Å². The van der Waals surface area contributed by atoms with Crippen LogP contribution in [0.3, 0.4) is 0 Å². The van der Waals surface area contributed by atoms with Gasteiger partial charge in [-0.25, -0.2) is 9.78 Å². The molecule has 1 saturated heterocycles. The van der Waals surface area contributed by atoms with Crippen LogP contribution in [0.5, 0.6) is 5.75 Å². The molecule has 0 unspecified atom stereocenters. The van der Waals surface area contributed by atoms with Gasteiger partial charge < -0.3 is 34.6 Å². The molecule has 1 fully saturated rings. The number of benzene rings is 2. The minimum absolute atomic E-state index is 0.0807. The van der Waals surface area contributed by atoms with Gasteiger partial charge in [-0.3, -0.25) is 19.7 Å². The van der Waals surface area contributed by atoms with Crippen LogP contribution >= 0.6 is 0 Å². The molecule has 4 N–H and O–H groups in total. The van der Waals surface area contributed by atoms with E-state index < -0.39 is 36.4 Å². The molecule has 0 amide bonds. The number of carboxylic acid groups (broad SMARTS) is 3. The van der Waals surface area contributed by atoms with Crippen molar-refractivity contribution in [2.45, 2.75) is 64.0 Å². The molecule has 0 saturated carbocycles. The topological polar surface area (TPSA) is 206 Å². The number of piperidine rings is 1. The standard InChI is InChI=1S/C24H30N4O3.C6H8O7/c1-2-16-31-21-9-6-19(7-10-21)17-24-25-22-18-20(28(29)30)8-11-23(22)27(24)15-14-26-12-4-3-5-13-26;7-3(8)1-6(13,5(11)12)2-4(9)10/h6-11,18H,2-5,12-17H2,1H3;13H,1-2H2,(H,7,8)(H,9,10)(H,11,12). The summed E-state index contributed by atoms with van der Waals surface area (Å²) in [5.41, 5.74) is 0.133. The predicted octanol–water partition coefficient (Wildman–Crippen LogP) is 3.56. The van der Waals surface area contributed by atoms with Crippen LogP contribution in [0, 0.1) is 10.1 Å². The van der Waals surface area contributed by atoms with E-state index in [-0.39, 0.29) is 10.6 Å². The molecular formula is C30H38N4O10. The van der Waals surface area contributed by atoms with E-state index in [9.17, 15) is 24.5 Å². The van der Waals surface area contributed by atoms with E-state index in [1.54, 1.807) is 12.1 Å². The van der Waals surface area contributed by atoms with Gasteiger partial charge in [-0.1, -0.05) is 25.5 Å². The third kappa shape index (κ3) is 9.74. The molecule has 0 spiro atoms. The van der Waals surface area contributed by atoms with Crippen molar-refractivity contribution in [1.82, 2.24) is 14.5 Å². The minimum Gasteiger partial charge on any atom is -0.494 e. The van der Waals surface area contributed by atoms with Crippen LogP contribution in [0.1, 0.15) is 56.8 Å². The van der Waals surface area contributed by atoms with Crippen LogP contribution < -0.4 is 4.74 Å². The highest BCUT2D eigenvalue weighted by molar-refractivity contribution is 5.88. The van der Waals surface area contributed by atoms with E-state index in [1.807, 2.05) is 18.2 Å². The van der Waals surface area contributed by atoms with E-state index in [2.05, 4.69) is 28.5 Å². The zero-order valence-electron chi connectivity index (χ0n) is 24.6. The predicted molar refractivity (Wildman–Crippen MR) is 159 cm³/mol. The molecule has 238 valence electrons. The number of likely N-dealkylation sites (tertiary alicyclic amines) is 1. The molecule has 0 bridgehead atoms. The molecule has 0 radical (unpaired) electrons. The number of ether oxygens (including phenoxy) is 1. The number of carboxylic acids is 3. The number of nitro benzene ring substituents is 1. The number of fused-ring (bicyclic) bond motifs is 1. The van der Waals surface area contributed by atoms with Crippen LogP contribution in [0.15, 0.2) is 42.5 Å². The number of hydrogen-bond donors (Lipinski definition) is 4. The Balaban J connectivity index is 0.000000345. The third-order valence-electron chi connectivity index (χ3n) is 7.15. The molecule has 1 aliphatic heterocycles. The lowest BCUT2D eigenvalue weighted by atomic mass is 9.96. The summed E-state index contributed by atoms with van der Waals surface area (Å²) in [5.74, 6) is -3.20. The molecule has 0 atom stereocenters. The number of aromatic nitrogens is 2. The summed E-state index contributed by atoms with van der Waals surface area (Å²) in [6.45, 7) is 6.90. The molecule has 2 aromatic carbocycles. The molecule has 4 rings (SSSR count). The highest BCUT2D eigenvalue weighted by Crippen LogP contribution is 2.24. The maximum Gasteiger partial charge on any atom is 0.336 e. The van der Waals surface area contributed by atoms with Crippen LogP contribution in [-0.4, -0.2) is 89.6 Å². The second-order valence-electron chi connectivity index (χ2n) is 10.7. The number of carbonyl (C=O) groups is 3. The molecular weight excluding hydrogens is 576 g/mol. The molecule has 0 aliphatic carbocycles. The fourth-order valence-electron chi connectivity index (χ4n) is 4.91. The van der Waals surface area contributed by atoms with Gasteiger partial charge >= 0.3 is 17.9 Å². The lowest BCUT2D eigenvalue weighted by molar-refractivity contribution is -0.384. The van der Waals surface area contributed by atoms with Crippen molar-refractivity contribution < 1.29 is 44.5 Å². The van der Waals surface area contributed by atoms with Gasteiger partial charge in [0.15, 0.2) is 5.60 Å². The highest BCUT2D eigenvalue weighted by Gasteiger charge is 2.40. The zero-order valence-corrected chi connectivity index (χ0v) is 24.6. The van der Waals surface area contributed by atoms with Gasteiger partial charge in [-0.05, 0) is 56.1 Å². The maximum absolute atomic E-state index is 11.2. The summed E-state index contributed by atoms with van der Waals surface area (Å²) in [7, 11) is 0. The maximum atomic E-state index is 11.2. The Morgan fingerprint density at radius 2 is 1.61 bits per heavy atom. The lowest BCUT2D eigenvalue weighted by Gasteiger charge is -2.26. The van der Waals surface area contributed by atoms with E-state index in [4.69, 9.17) is 30.1 Å². The Hall–Kier alpha value is -4.56. The van der Waals surface area contributed by atoms with Gasteiger partial charge in [0.2, 0.25) is 0 Å². The van der Waals surface area contributed by atoms with Crippen LogP contribution in [-0.2, 0) is 27.3 Å². The van der Waals surface area contributed by atoms with Crippen LogP contribution in [0.4, 0.5) is 5.69 Å². The molecule has 14 heteroatoms. The Morgan fingerprint density at radius 1 is 0.977 bits per heavy atom. The average Bonchev–Trinajstić information content (AvgIpc) is 3.31. The van der Waals surface area contributed by atoms with Crippen molar-refractivity contribution in [2.24, 2.45) is 0 Å². The second kappa shape index (κ2) is 15.8. The lowest BCUT2D eigenvalue weighted by Crippen LogP contribution is -2.42. The SMILES string of the molecule is CCCOc1ccc(Cc2nc3cc([N+](=O)[O-])ccc3n2CCN2CCCCC2)cc1.O=C(O)CC(O)(CC(=O)O)C(=O)O. The first-order chi connectivity index (χ1) is 20.9. The van der Waals surface area contributed by atoms with Gasteiger partial charge in [-0.2, -0.15) is 0 Å². The smallest absolute Gasteiger partial charge is 0.336 e. The molecule has 3 aromatic rings. The molecule has 44 heavy (non-hydrogen) atoms. The second-order valence-corrected chi connectivity index (χ2v) is 10.7. The summed E-state index contributed by atoms with van der Waals surface area (Å²) in [6, 6.07) is 13.1. The van der Waals surface area contributed by atoms with Gasteiger partial charge in [0, 0.05) is 31.6 Å². The van der Waals surface area contributed by atoms with Crippen molar-refractivity contribution in [3.05, 3.63) is 64.0 Å². The Bertz CT molecular complexity index is 1430. The summed E-state index contributed by atoms with van der Waals surface area (Å²) in [6.07, 6.45) is 3.21. The van der Waals surface area contributed by atoms with Gasteiger partial charge in [-0.15, -0.1) is 0 Å². The monoisotopic (exact) mass is 614 g/mol. The van der Waals surface area contributed by atoms with E-state index in [0.717, 1.165) is 55.3 Å². The Kier molecular flexibility index (Phi) is 12.2. The summed E-state index contributed by atoms with van der Waals surface area (Å²) >= 11 is 0. The normalized spacial score (nSPS) is 13.6. The fourth-order valence-corrected chi connectivity index (χ4v) is 4.91. The summed E-state index contributed by atoms with van der Waals surface area (Å²) in [4.78, 5) is 48.6. The summed E-state index contributed by atoms with van der Waals surface area (Å²) < 4.78 is 7.91. The first kappa shape index (κ1) is 33.9. The van der Waals surface area contributed by atoms with Crippen molar-refractivity contribution in [2.75, 3.05) is 26.2 Å². The zero-order chi connectivity index (χ0) is 32.3. The largest absolute Gasteiger partial charge is 0.494 e. The van der Waals surface area contributed by atoms with Gasteiger partial charge in [0.25, 0.3) is 5.69 Å². The fraction of sp³-hybridized carbons (Fsp3) is 0.467. The highest BCUT2D eigenvalue weighted by atomic mass is 16.6. The Labute approximate surface area is 253 Å². The number of imidazole rings is 1. The summed E-state index contributed by atoms with van der Waals surface area (Å²) in [5, 5.41) is 45.0. The van der Waals surface area contributed by atoms with Crippen molar-refractivity contribution in [3.63, 3.8) is 0 Å². The van der Waals surface area contributed by atoms with E-state index >= 15 is 0 Å². The number of nitrogens with zero attached hydrogens (tertiary/aromatic N) is 4. The number of non-ortho nitro benzene ring substituents is 1. The third-order valence-corrected chi connectivity index (χ3v) is 7.15. The minimum atomic E-state index is -2.74. The van der Waals surface area contributed by atoms with Crippen LogP contribution in [0.25, 0.3) is 11.0 Å².